The lowest BCUT2D eigenvalue weighted by Crippen LogP contribution is -2.16. The highest BCUT2D eigenvalue weighted by atomic mass is 32.1. The van der Waals surface area contributed by atoms with Gasteiger partial charge in [-0.05, 0) is 24.6 Å². The summed E-state index contributed by atoms with van der Waals surface area (Å²) < 4.78 is 6.69. The molecule has 0 N–H and O–H groups in total. The summed E-state index contributed by atoms with van der Waals surface area (Å²) in [7, 11) is 0. The number of aromatic nitrogens is 2. The Hall–Kier alpha value is -2.91. The fourth-order valence-electron chi connectivity index (χ4n) is 2.18. The van der Waals surface area contributed by atoms with Gasteiger partial charge in [-0.25, -0.2) is 4.98 Å². The van der Waals surface area contributed by atoms with Crippen molar-refractivity contribution in [3.05, 3.63) is 57.5 Å². The fourth-order valence-corrected chi connectivity index (χ4v) is 3.11. The van der Waals surface area contributed by atoms with E-state index in [1.54, 1.807) is 12.3 Å². The van der Waals surface area contributed by atoms with Crippen LogP contribution in [0.3, 0.4) is 0 Å². The highest BCUT2D eigenvalue weighted by Gasteiger charge is 2.08. The number of aryl methyl sites for hydroxylation is 1. The number of fused-ring (bicyclic) bond motifs is 1. The molecule has 0 aliphatic carbocycles. The van der Waals surface area contributed by atoms with Gasteiger partial charge < -0.3 is 4.74 Å². The molecule has 0 unspecified atom stereocenters. The molecule has 0 fully saturated rings. The summed E-state index contributed by atoms with van der Waals surface area (Å²) in [6.45, 7) is 2.22. The maximum Gasteiger partial charge on any atom is 0.282 e. The molecule has 0 saturated carbocycles. The SMILES string of the molecule is C#CCOc1ccccc1/C=N\n1cnc2sc(CC)cc2c1=O. The Balaban J connectivity index is 1.95. The Morgan fingerprint density at radius 1 is 1.46 bits per heavy atom. The minimum Gasteiger partial charge on any atom is -0.480 e. The number of hydrogen-bond acceptors (Lipinski definition) is 5. The molecule has 0 aliphatic rings. The van der Waals surface area contributed by atoms with Crippen molar-refractivity contribution in [3.8, 4) is 18.1 Å². The normalized spacial score (nSPS) is 11.0. The zero-order valence-corrected chi connectivity index (χ0v) is 13.9. The van der Waals surface area contributed by atoms with Crippen molar-refractivity contribution in [1.82, 2.24) is 9.66 Å². The summed E-state index contributed by atoms with van der Waals surface area (Å²) in [6.07, 6.45) is 9.09. The van der Waals surface area contributed by atoms with Gasteiger partial charge in [-0.2, -0.15) is 9.78 Å². The molecular formula is C18H15N3O2S. The average molecular weight is 337 g/mol. The highest BCUT2D eigenvalue weighted by molar-refractivity contribution is 7.18. The van der Waals surface area contributed by atoms with Gasteiger partial charge in [-0.15, -0.1) is 17.8 Å². The van der Waals surface area contributed by atoms with Gasteiger partial charge in [-0.1, -0.05) is 25.0 Å². The third kappa shape index (κ3) is 3.21. The van der Waals surface area contributed by atoms with Gasteiger partial charge in [-0.3, -0.25) is 4.79 Å². The Morgan fingerprint density at radius 3 is 3.08 bits per heavy atom. The molecule has 1 aromatic carbocycles. The first-order valence-corrected chi connectivity index (χ1v) is 8.24. The average Bonchev–Trinajstić information content (AvgIpc) is 3.04. The van der Waals surface area contributed by atoms with E-state index >= 15 is 0 Å². The summed E-state index contributed by atoms with van der Waals surface area (Å²) >= 11 is 1.53. The molecule has 120 valence electrons. The largest absolute Gasteiger partial charge is 0.480 e. The molecule has 0 atom stereocenters. The van der Waals surface area contributed by atoms with Crippen molar-refractivity contribution in [2.24, 2.45) is 5.10 Å². The molecular weight excluding hydrogens is 322 g/mol. The molecule has 5 nitrogen and oxygen atoms in total. The zero-order chi connectivity index (χ0) is 16.9. The van der Waals surface area contributed by atoms with E-state index in [2.05, 4.69) is 22.9 Å². The summed E-state index contributed by atoms with van der Waals surface area (Å²) in [5.41, 5.74) is 0.550. The van der Waals surface area contributed by atoms with E-state index in [0.717, 1.165) is 21.7 Å². The summed E-state index contributed by atoms with van der Waals surface area (Å²) in [6, 6.07) is 9.23. The van der Waals surface area contributed by atoms with E-state index in [0.29, 0.717) is 11.1 Å². The molecule has 2 aromatic heterocycles. The molecule has 2 heterocycles. The van der Waals surface area contributed by atoms with Gasteiger partial charge in [0.15, 0.2) is 0 Å². The van der Waals surface area contributed by atoms with Crippen LogP contribution >= 0.6 is 11.3 Å². The topological polar surface area (TPSA) is 56.5 Å². The predicted octanol–water partition coefficient (Wildman–Crippen LogP) is 2.91. The third-order valence-electron chi connectivity index (χ3n) is 3.39. The molecule has 0 aliphatic heterocycles. The summed E-state index contributed by atoms with van der Waals surface area (Å²) in [5, 5.41) is 4.81. The van der Waals surface area contributed by atoms with Crippen molar-refractivity contribution in [1.29, 1.82) is 0 Å². The molecule has 0 spiro atoms. The Morgan fingerprint density at radius 2 is 2.29 bits per heavy atom. The predicted molar refractivity (Wildman–Crippen MR) is 97.0 cm³/mol. The zero-order valence-electron chi connectivity index (χ0n) is 13.1. The van der Waals surface area contributed by atoms with Crippen LogP contribution in [0.25, 0.3) is 10.2 Å². The summed E-state index contributed by atoms with van der Waals surface area (Å²) in [4.78, 5) is 18.7. The second-order valence-electron chi connectivity index (χ2n) is 4.95. The van der Waals surface area contributed by atoms with Crippen LogP contribution in [0.15, 0.2) is 46.6 Å². The molecule has 0 amide bonds. The molecule has 0 saturated heterocycles. The van der Waals surface area contributed by atoms with Crippen LogP contribution in [0.1, 0.15) is 17.4 Å². The minimum atomic E-state index is -0.186. The van der Waals surface area contributed by atoms with Crippen LogP contribution in [-0.2, 0) is 6.42 Å². The number of thiophene rings is 1. The van der Waals surface area contributed by atoms with Gasteiger partial charge >= 0.3 is 0 Å². The lowest BCUT2D eigenvalue weighted by Gasteiger charge is -2.05. The van der Waals surface area contributed by atoms with E-state index < -0.39 is 0 Å². The van der Waals surface area contributed by atoms with Crippen molar-refractivity contribution in [2.75, 3.05) is 6.61 Å². The van der Waals surface area contributed by atoms with Gasteiger partial charge in [0.05, 0.1) is 11.6 Å². The molecule has 24 heavy (non-hydrogen) atoms. The second kappa shape index (κ2) is 7.11. The van der Waals surface area contributed by atoms with Crippen LogP contribution < -0.4 is 10.3 Å². The van der Waals surface area contributed by atoms with Gasteiger partial charge in [0.2, 0.25) is 0 Å². The molecule has 0 bridgehead atoms. The number of ether oxygens (including phenoxy) is 1. The standard InChI is InChI=1S/C18H15N3O2S/c1-3-9-23-16-8-6-5-7-13(16)11-20-21-12-19-17-15(18(21)22)10-14(4-2)24-17/h1,5-8,10-12H,4,9H2,2H3/b20-11-. The summed E-state index contributed by atoms with van der Waals surface area (Å²) in [5.74, 6) is 3.04. The van der Waals surface area contributed by atoms with Crippen LogP contribution in [0.2, 0.25) is 0 Å². The van der Waals surface area contributed by atoms with Crippen molar-refractivity contribution in [3.63, 3.8) is 0 Å². The number of nitrogens with zero attached hydrogens (tertiary/aromatic N) is 3. The van der Waals surface area contributed by atoms with Crippen molar-refractivity contribution >= 4 is 27.8 Å². The molecule has 3 aromatic rings. The maximum absolute atomic E-state index is 12.5. The van der Waals surface area contributed by atoms with Crippen LogP contribution in [-0.4, -0.2) is 22.5 Å². The van der Waals surface area contributed by atoms with Crippen molar-refractivity contribution < 1.29 is 4.74 Å². The first-order valence-electron chi connectivity index (χ1n) is 7.42. The van der Waals surface area contributed by atoms with Gasteiger partial charge in [0.25, 0.3) is 5.56 Å². The number of rotatable bonds is 5. The Kier molecular flexibility index (Phi) is 4.73. The van der Waals surface area contributed by atoms with E-state index in [4.69, 9.17) is 11.2 Å². The molecule has 3 rings (SSSR count). The molecule has 6 heteroatoms. The highest BCUT2D eigenvalue weighted by Crippen LogP contribution is 2.21. The number of benzene rings is 1. The minimum absolute atomic E-state index is 0.174. The van der Waals surface area contributed by atoms with E-state index in [1.165, 1.54) is 22.3 Å². The number of para-hydroxylation sites is 1. The van der Waals surface area contributed by atoms with Crippen molar-refractivity contribution in [2.45, 2.75) is 13.3 Å². The number of terminal acetylenes is 1. The van der Waals surface area contributed by atoms with Crippen LogP contribution in [0.5, 0.6) is 5.75 Å². The van der Waals surface area contributed by atoms with Gasteiger partial charge in [0, 0.05) is 10.4 Å². The Labute approximate surface area is 143 Å². The van der Waals surface area contributed by atoms with Crippen LogP contribution in [0, 0.1) is 12.3 Å². The maximum atomic E-state index is 12.5. The first-order chi connectivity index (χ1) is 11.7. The fraction of sp³-hybridized carbons (Fsp3) is 0.167. The smallest absolute Gasteiger partial charge is 0.282 e. The molecule has 0 radical (unpaired) electrons. The second-order valence-corrected chi connectivity index (χ2v) is 6.07. The third-order valence-corrected chi connectivity index (χ3v) is 4.57. The monoisotopic (exact) mass is 337 g/mol. The van der Waals surface area contributed by atoms with E-state index in [1.807, 2.05) is 24.3 Å². The quantitative estimate of drug-likeness (QED) is 0.531. The van der Waals surface area contributed by atoms with Crippen LogP contribution in [0.4, 0.5) is 0 Å². The van der Waals surface area contributed by atoms with Gasteiger partial charge in [0.1, 0.15) is 23.5 Å². The Bertz CT molecular complexity index is 995. The number of hydrogen-bond donors (Lipinski definition) is 0. The lowest BCUT2D eigenvalue weighted by atomic mass is 10.2. The van der Waals surface area contributed by atoms with E-state index in [9.17, 15) is 4.79 Å². The van der Waals surface area contributed by atoms with E-state index in [-0.39, 0.29) is 12.2 Å². The first kappa shape index (κ1) is 16.0. The lowest BCUT2D eigenvalue weighted by molar-refractivity contribution is 0.370.